The molecule has 0 bridgehead atoms. The fourth-order valence-corrected chi connectivity index (χ4v) is 2.85. The Hall–Kier alpha value is -2.34. The van der Waals surface area contributed by atoms with E-state index >= 15 is 0 Å². The number of para-hydroxylation sites is 1. The Kier molecular flexibility index (Phi) is 3.15. The van der Waals surface area contributed by atoms with Gasteiger partial charge >= 0.3 is 0 Å². The van der Waals surface area contributed by atoms with Crippen molar-refractivity contribution in [2.45, 2.75) is 26.2 Å². The van der Waals surface area contributed by atoms with Gasteiger partial charge in [-0.2, -0.15) is 5.26 Å². The summed E-state index contributed by atoms with van der Waals surface area (Å²) in [6, 6.07) is 12.5. The van der Waals surface area contributed by atoms with Crippen LogP contribution >= 0.6 is 0 Å². The number of aromatic nitrogens is 1. The highest BCUT2D eigenvalue weighted by Crippen LogP contribution is 2.31. The van der Waals surface area contributed by atoms with E-state index in [4.69, 9.17) is 4.98 Å². The molecule has 20 heavy (non-hydrogen) atoms. The molecule has 0 saturated heterocycles. The van der Waals surface area contributed by atoms with Crippen LogP contribution in [0.25, 0.3) is 0 Å². The first kappa shape index (κ1) is 12.7. The van der Waals surface area contributed by atoms with Gasteiger partial charge in [0.2, 0.25) is 0 Å². The summed E-state index contributed by atoms with van der Waals surface area (Å²) in [7, 11) is 1.98. The van der Waals surface area contributed by atoms with Crippen LogP contribution in [0.2, 0.25) is 0 Å². The minimum Gasteiger partial charge on any atom is -0.328 e. The molecule has 0 saturated carbocycles. The smallest absolute Gasteiger partial charge is 0.151 e. The summed E-state index contributed by atoms with van der Waals surface area (Å²) >= 11 is 0. The van der Waals surface area contributed by atoms with Crippen LogP contribution < -0.4 is 4.90 Å². The third-order valence-electron chi connectivity index (χ3n) is 3.95. The fraction of sp³-hybridized carbons (Fsp3) is 0.294. The number of aryl methyl sites for hydroxylation is 3. The van der Waals surface area contributed by atoms with Crippen molar-refractivity contribution in [3.63, 3.8) is 0 Å². The molecule has 1 aliphatic rings. The summed E-state index contributed by atoms with van der Waals surface area (Å²) in [5, 5.41) is 9.40. The van der Waals surface area contributed by atoms with Crippen molar-refractivity contribution in [3.8, 4) is 6.07 Å². The van der Waals surface area contributed by atoms with E-state index in [1.807, 2.05) is 30.1 Å². The second-order valence-electron chi connectivity index (χ2n) is 5.28. The Morgan fingerprint density at radius 1 is 1.25 bits per heavy atom. The number of benzene rings is 1. The lowest BCUT2D eigenvalue weighted by Gasteiger charge is -2.22. The van der Waals surface area contributed by atoms with E-state index in [0.717, 1.165) is 36.5 Å². The van der Waals surface area contributed by atoms with Crippen molar-refractivity contribution < 1.29 is 0 Å². The molecule has 1 aliphatic carbocycles. The van der Waals surface area contributed by atoms with Gasteiger partial charge in [-0.1, -0.05) is 18.2 Å². The second kappa shape index (κ2) is 4.97. The molecular formula is C17H17N3. The van der Waals surface area contributed by atoms with Gasteiger partial charge < -0.3 is 4.90 Å². The van der Waals surface area contributed by atoms with Crippen LogP contribution in [-0.2, 0) is 12.8 Å². The minimum absolute atomic E-state index is 0.663. The molecule has 0 unspecified atom stereocenters. The lowest BCUT2D eigenvalue weighted by Crippen LogP contribution is -2.15. The summed E-state index contributed by atoms with van der Waals surface area (Å²) < 4.78 is 0. The molecule has 3 rings (SSSR count). The molecular weight excluding hydrogens is 246 g/mol. The summed E-state index contributed by atoms with van der Waals surface area (Å²) in [5.74, 6) is 0.766. The van der Waals surface area contributed by atoms with Crippen molar-refractivity contribution in [1.82, 2.24) is 4.98 Å². The fourth-order valence-electron chi connectivity index (χ4n) is 2.85. The highest BCUT2D eigenvalue weighted by atomic mass is 15.2. The standard InChI is InChI=1S/C17H17N3/c1-12-6-3-4-9-16(12)20(2)17-14(11-18)10-13-7-5-8-15(13)19-17/h3-4,6,9-10H,5,7-8H2,1-2H3. The van der Waals surface area contributed by atoms with Crippen LogP contribution in [0.3, 0.4) is 0 Å². The Labute approximate surface area is 119 Å². The normalized spacial score (nSPS) is 12.8. The number of pyridine rings is 1. The van der Waals surface area contributed by atoms with Gasteiger partial charge in [0.05, 0.1) is 5.56 Å². The lowest BCUT2D eigenvalue weighted by atomic mass is 10.1. The summed E-state index contributed by atoms with van der Waals surface area (Å²) in [6.45, 7) is 2.07. The Morgan fingerprint density at radius 2 is 2.05 bits per heavy atom. The van der Waals surface area contributed by atoms with Crippen molar-refractivity contribution in [2.75, 3.05) is 11.9 Å². The zero-order valence-electron chi connectivity index (χ0n) is 11.8. The van der Waals surface area contributed by atoms with E-state index in [0.29, 0.717) is 5.56 Å². The Morgan fingerprint density at radius 3 is 2.80 bits per heavy atom. The van der Waals surface area contributed by atoms with Gasteiger partial charge in [-0.3, -0.25) is 0 Å². The largest absolute Gasteiger partial charge is 0.328 e. The van der Waals surface area contributed by atoms with Crippen LogP contribution in [-0.4, -0.2) is 12.0 Å². The van der Waals surface area contributed by atoms with Gasteiger partial charge in [0.15, 0.2) is 5.82 Å². The van der Waals surface area contributed by atoms with Crippen LogP contribution in [0.1, 0.15) is 28.8 Å². The van der Waals surface area contributed by atoms with Gasteiger partial charge in [-0.25, -0.2) is 4.98 Å². The number of rotatable bonds is 2. The molecule has 2 aromatic rings. The second-order valence-corrected chi connectivity index (χ2v) is 5.28. The first-order valence-electron chi connectivity index (χ1n) is 6.93. The zero-order chi connectivity index (χ0) is 14.1. The number of hydrogen-bond donors (Lipinski definition) is 0. The highest BCUT2D eigenvalue weighted by molar-refractivity contribution is 5.68. The Balaban J connectivity index is 2.10. The quantitative estimate of drug-likeness (QED) is 0.832. The molecule has 3 nitrogen and oxygen atoms in total. The molecule has 0 atom stereocenters. The summed E-state index contributed by atoms with van der Waals surface area (Å²) in [4.78, 5) is 6.77. The SMILES string of the molecule is Cc1ccccc1N(C)c1nc2c(cc1C#N)CCC2. The summed E-state index contributed by atoms with van der Waals surface area (Å²) in [6.07, 6.45) is 3.21. The van der Waals surface area contributed by atoms with Crippen molar-refractivity contribution in [2.24, 2.45) is 0 Å². The maximum atomic E-state index is 9.40. The predicted molar refractivity (Wildman–Crippen MR) is 80.2 cm³/mol. The third kappa shape index (κ3) is 2.04. The van der Waals surface area contributed by atoms with Gasteiger partial charge in [0.25, 0.3) is 0 Å². The third-order valence-corrected chi connectivity index (χ3v) is 3.95. The first-order chi connectivity index (χ1) is 9.70. The van der Waals surface area contributed by atoms with Crippen molar-refractivity contribution >= 4 is 11.5 Å². The van der Waals surface area contributed by atoms with E-state index in [2.05, 4.69) is 25.1 Å². The van der Waals surface area contributed by atoms with Gasteiger partial charge in [-0.15, -0.1) is 0 Å². The maximum Gasteiger partial charge on any atom is 0.151 e. The molecule has 0 radical (unpaired) electrons. The summed E-state index contributed by atoms with van der Waals surface area (Å²) in [5.41, 5.74) is 5.33. The highest BCUT2D eigenvalue weighted by Gasteiger charge is 2.19. The van der Waals surface area contributed by atoms with Crippen LogP contribution in [0, 0.1) is 18.3 Å². The lowest BCUT2D eigenvalue weighted by molar-refractivity contribution is 0.898. The predicted octanol–water partition coefficient (Wildman–Crippen LogP) is 3.52. The van der Waals surface area contributed by atoms with Gasteiger partial charge in [0, 0.05) is 18.4 Å². The maximum absolute atomic E-state index is 9.40. The van der Waals surface area contributed by atoms with Gasteiger partial charge in [0.1, 0.15) is 6.07 Å². The number of hydrogen-bond acceptors (Lipinski definition) is 3. The van der Waals surface area contributed by atoms with Gasteiger partial charge in [-0.05, 0) is 49.4 Å². The average Bonchev–Trinajstić information content (AvgIpc) is 2.92. The first-order valence-corrected chi connectivity index (χ1v) is 6.93. The molecule has 100 valence electrons. The van der Waals surface area contributed by atoms with E-state index in [9.17, 15) is 5.26 Å². The average molecular weight is 263 g/mol. The van der Waals surface area contributed by atoms with E-state index in [1.165, 1.54) is 11.1 Å². The molecule has 3 heteroatoms. The number of nitrogens with zero attached hydrogens (tertiary/aromatic N) is 3. The van der Waals surface area contributed by atoms with Crippen LogP contribution in [0.15, 0.2) is 30.3 Å². The Bertz CT molecular complexity index is 698. The number of nitriles is 1. The topological polar surface area (TPSA) is 39.9 Å². The molecule has 0 fully saturated rings. The number of anilines is 2. The van der Waals surface area contributed by atoms with Crippen molar-refractivity contribution in [1.29, 1.82) is 5.26 Å². The molecule has 0 N–H and O–H groups in total. The molecule has 1 aromatic heterocycles. The molecule has 0 spiro atoms. The van der Waals surface area contributed by atoms with E-state index in [1.54, 1.807) is 0 Å². The minimum atomic E-state index is 0.663. The van der Waals surface area contributed by atoms with Crippen LogP contribution in [0.5, 0.6) is 0 Å². The van der Waals surface area contributed by atoms with E-state index < -0.39 is 0 Å². The van der Waals surface area contributed by atoms with Crippen LogP contribution in [0.4, 0.5) is 11.5 Å². The molecule has 0 aliphatic heterocycles. The number of fused-ring (bicyclic) bond motifs is 1. The molecule has 1 heterocycles. The molecule has 1 aromatic carbocycles. The van der Waals surface area contributed by atoms with E-state index in [-0.39, 0.29) is 0 Å². The monoisotopic (exact) mass is 263 g/mol. The molecule has 0 amide bonds. The van der Waals surface area contributed by atoms with Crippen molar-refractivity contribution in [3.05, 3.63) is 52.7 Å². The zero-order valence-corrected chi connectivity index (χ0v) is 11.8.